The van der Waals surface area contributed by atoms with Crippen molar-refractivity contribution in [1.82, 2.24) is 4.57 Å². The number of carboxylic acid groups (broad SMARTS) is 1. The molecule has 1 amide bonds. The normalized spacial score (nSPS) is 13.4. The lowest BCUT2D eigenvalue weighted by atomic mass is 9.97. The smallest absolute Gasteiger partial charge is 0.471 e. The number of carboxylic acids is 1. The fourth-order valence-corrected chi connectivity index (χ4v) is 3.81. The Labute approximate surface area is 194 Å². The maximum Gasteiger partial charge on any atom is 0.471 e. The molecule has 1 aliphatic rings. The van der Waals surface area contributed by atoms with E-state index in [0.29, 0.717) is 12.8 Å². The molecular weight excluding hydrogens is 474 g/mol. The van der Waals surface area contributed by atoms with E-state index in [0.717, 1.165) is 18.2 Å². The van der Waals surface area contributed by atoms with Crippen LogP contribution in [0.15, 0.2) is 35.3 Å². The molecule has 1 aliphatic carbocycles. The molecule has 0 saturated heterocycles. The largest absolute Gasteiger partial charge is 0.494 e. The van der Waals surface area contributed by atoms with Crippen molar-refractivity contribution >= 4 is 28.5 Å². The van der Waals surface area contributed by atoms with Crippen molar-refractivity contribution in [2.75, 3.05) is 12.4 Å². The molecule has 2 aromatic carbocycles. The number of anilines is 1. The van der Waals surface area contributed by atoms with Crippen LogP contribution in [0, 0.1) is 17.1 Å². The van der Waals surface area contributed by atoms with Crippen LogP contribution in [0.4, 0.5) is 23.2 Å². The van der Waals surface area contributed by atoms with E-state index >= 15 is 4.39 Å². The number of amides is 1. The Morgan fingerprint density at radius 2 is 1.94 bits per heavy atom. The van der Waals surface area contributed by atoms with Crippen LogP contribution < -0.4 is 15.5 Å². The molecular formula is C23H15F4N3O5. The van der Waals surface area contributed by atoms with Gasteiger partial charge in [-0.05, 0) is 36.6 Å². The number of ether oxygens (including phenoxy) is 1. The first-order valence-electron chi connectivity index (χ1n) is 10.1. The Morgan fingerprint density at radius 1 is 1.26 bits per heavy atom. The number of carbonyl (C=O) groups is 2. The van der Waals surface area contributed by atoms with E-state index in [9.17, 15) is 37.9 Å². The van der Waals surface area contributed by atoms with Crippen LogP contribution >= 0.6 is 0 Å². The van der Waals surface area contributed by atoms with Crippen molar-refractivity contribution in [3.05, 3.63) is 57.6 Å². The van der Waals surface area contributed by atoms with Crippen molar-refractivity contribution in [3.63, 3.8) is 0 Å². The zero-order valence-electron chi connectivity index (χ0n) is 17.9. The third-order valence-corrected chi connectivity index (χ3v) is 5.53. The lowest BCUT2D eigenvalue weighted by Crippen LogP contribution is -2.30. The zero-order chi connectivity index (χ0) is 25.7. The molecule has 35 heavy (non-hydrogen) atoms. The third kappa shape index (κ3) is 4.16. The van der Waals surface area contributed by atoms with Gasteiger partial charge in [-0.2, -0.15) is 18.4 Å². The van der Waals surface area contributed by atoms with Gasteiger partial charge >= 0.3 is 18.1 Å². The van der Waals surface area contributed by atoms with Crippen LogP contribution in [0.2, 0.25) is 0 Å². The number of rotatable bonds is 5. The summed E-state index contributed by atoms with van der Waals surface area (Å²) in [5, 5.41) is 20.2. The SMILES string of the molecule is COc1c(-c2ccc(NC(=O)C(F)(F)F)c(C#N)c2)c(F)cc2c(=O)c(C(=O)O)cn(C3CC3)c12. The highest BCUT2D eigenvalue weighted by molar-refractivity contribution is 5.99. The van der Waals surface area contributed by atoms with Gasteiger partial charge in [-0.1, -0.05) is 6.07 Å². The van der Waals surface area contributed by atoms with Crippen LogP contribution in [0.25, 0.3) is 22.0 Å². The van der Waals surface area contributed by atoms with Gasteiger partial charge in [-0.3, -0.25) is 9.59 Å². The third-order valence-electron chi connectivity index (χ3n) is 5.53. The average Bonchev–Trinajstić information content (AvgIpc) is 3.63. The van der Waals surface area contributed by atoms with Gasteiger partial charge in [0.05, 0.1) is 34.8 Å². The molecule has 2 N–H and O–H groups in total. The summed E-state index contributed by atoms with van der Waals surface area (Å²) in [5.74, 6) is -4.84. The highest BCUT2D eigenvalue weighted by atomic mass is 19.4. The molecule has 0 unspecified atom stereocenters. The molecule has 0 spiro atoms. The summed E-state index contributed by atoms with van der Waals surface area (Å²) in [5.41, 5.74) is -2.26. The van der Waals surface area contributed by atoms with Crippen LogP contribution in [-0.2, 0) is 4.79 Å². The number of halogens is 4. The number of nitriles is 1. The maximum atomic E-state index is 15.3. The van der Waals surface area contributed by atoms with Crippen molar-refractivity contribution in [3.8, 4) is 22.9 Å². The van der Waals surface area contributed by atoms with Gasteiger partial charge in [0.1, 0.15) is 17.4 Å². The van der Waals surface area contributed by atoms with Crippen molar-refractivity contribution in [2.24, 2.45) is 0 Å². The number of aromatic carboxylic acids is 1. The molecule has 1 fully saturated rings. The van der Waals surface area contributed by atoms with E-state index in [-0.39, 0.29) is 39.4 Å². The number of nitrogens with one attached hydrogen (secondary N) is 1. The summed E-state index contributed by atoms with van der Waals surface area (Å²) in [6.45, 7) is 0. The van der Waals surface area contributed by atoms with Crippen LogP contribution in [0.5, 0.6) is 5.75 Å². The number of methoxy groups -OCH3 is 1. The summed E-state index contributed by atoms with van der Waals surface area (Å²) in [6.07, 6.45) is -2.62. The molecule has 8 nitrogen and oxygen atoms in total. The summed E-state index contributed by atoms with van der Waals surface area (Å²) >= 11 is 0. The van der Waals surface area contributed by atoms with Gasteiger partial charge < -0.3 is 19.7 Å². The molecule has 4 rings (SSSR count). The van der Waals surface area contributed by atoms with Crippen LogP contribution in [0.3, 0.4) is 0 Å². The number of hydrogen-bond donors (Lipinski definition) is 2. The highest BCUT2D eigenvalue weighted by Gasteiger charge is 2.39. The van der Waals surface area contributed by atoms with Crippen LogP contribution in [-0.4, -0.2) is 34.8 Å². The number of nitrogens with zero attached hydrogens (tertiary/aromatic N) is 2. The number of aromatic nitrogens is 1. The quantitative estimate of drug-likeness (QED) is 0.518. The number of pyridine rings is 1. The first kappa shape index (κ1) is 23.7. The second-order valence-electron chi connectivity index (χ2n) is 7.80. The van der Waals surface area contributed by atoms with Crippen molar-refractivity contribution < 1.29 is 37.0 Å². The summed E-state index contributed by atoms with van der Waals surface area (Å²) in [4.78, 5) is 35.6. The number of fused-ring (bicyclic) bond motifs is 1. The molecule has 0 radical (unpaired) electrons. The van der Waals surface area contributed by atoms with Gasteiger partial charge in [-0.25, -0.2) is 9.18 Å². The number of carbonyl (C=O) groups excluding carboxylic acids is 1. The van der Waals surface area contributed by atoms with Gasteiger partial charge in [0.2, 0.25) is 5.43 Å². The first-order valence-corrected chi connectivity index (χ1v) is 10.1. The highest BCUT2D eigenvalue weighted by Crippen LogP contribution is 2.44. The topological polar surface area (TPSA) is 121 Å². The Kier molecular flexibility index (Phi) is 5.72. The molecule has 3 aromatic rings. The average molecular weight is 489 g/mol. The Balaban J connectivity index is 1.96. The predicted molar refractivity (Wildman–Crippen MR) is 115 cm³/mol. The Morgan fingerprint density at radius 3 is 2.49 bits per heavy atom. The molecule has 0 aliphatic heterocycles. The second-order valence-corrected chi connectivity index (χ2v) is 7.80. The molecule has 0 atom stereocenters. The number of benzene rings is 2. The second kappa shape index (κ2) is 8.43. The molecule has 180 valence electrons. The molecule has 1 heterocycles. The van der Waals surface area contributed by atoms with Gasteiger partial charge in [0, 0.05) is 12.2 Å². The van der Waals surface area contributed by atoms with Crippen molar-refractivity contribution in [2.45, 2.75) is 25.1 Å². The molecule has 1 saturated carbocycles. The van der Waals surface area contributed by atoms with Crippen molar-refractivity contribution in [1.29, 1.82) is 5.26 Å². The van der Waals surface area contributed by atoms with E-state index in [1.807, 2.05) is 0 Å². The molecule has 0 bridgehead atoms. The fourth-order valence-electron chi connectivity index (χ4n) is 3.81. The minimum absolute atomic E-state index is 0.0277. The standard InChI is InChI=1S/C23H15F4N3O5/c1-35-20-17(10-2-5-16(11(6-10)8-28)29-22(34)23(25,26)27)15(24)7-13-18(20)30(12-3-4-12)9-14(19(13)31)21(32)33/h2,5-7,9,12H,3-4H2,1H3,(H,29,34)(H,32,33). The van der Waals surface area contributed by atoms with E-state index in [4.69, 9.17) is 4.74 Å². The summed E-state index contributed by atoms with van der Waals surface area (Å²) in [7, 11) is 1.22. The van der Waals surface area contributed by atoms with E-state index in [1.165, 1.54) is 23.9 Å². The minimum atomic E-state index is -5.18. The lowest BCUT2D eigenvalue weighted by molar-refractivity contribution is -0.167. The van der Waals surface area contributed by atoms with E-state index in [1.54, 1.807) is 11.4 Å². The van der Waals surface area contributed by atoms with Crippen LogP contribution in [0.1, 0.15) is 34.8 Å². The summed E-state index contributed by atoms with van der Waals surface area (Å²) in [6, 6.07) is 5.66. The zero-order valence-corrected chi connectivity index (χ0v) is 17.9. The van der Waals surface area contributed by atoms with E-state index in [2.05, 4.69) is 0 Å². The van der Waals surface area contributed by atoms with E-state index < -0.39 is 40.5 Å². The fraction of sp³-hybridized carbons (Fsp3) is 0.217. The predicted octanol–water partition coefficient (Wildman–Crippen LogP) is 4.22. The maximum absolute atomic E-state index is 15.3. The minimum Gasteiger partial charge on any atom is -0.494 e. The van der Waals surface area contributed by atoms with Gasteiger partial charge in [0.25, 0.3) is 0 Å². The first-order chi connectivity index (χ1) is 16.5. The molecule has 1 aromatic heterocycles. The van der Waals surface area contributed by atoms with Gasteiger partial charge in [-0.15, -0.1) is 0 Å². The molecule has 12 heteroatoms. The number of alkyl halides is 3. The Bertz CT molecular complexity index is 1500. The monoisotopic (exact) mass is 489 g/mol. The van der Waals surface area contributed by atoms with Gasteiger partial charge in [0.15, 0.2) is 5.75 Å². The summed E-state index contributed by atoms with van der Waals surface area (Å²) < 4.78 is 60.1. The Hall–Kier alpha value is -4.40. The lowest BCUT2D eigenvalue weighted by Gasteiger charge is -2.19. The number of hydrogen-bond acceptors (Lipinski definition) is 5.